The maximum Gasteiger partial charge on any atom is 0.257 e. The van der Waals surface area contributed by atoms with Crippen LogP contribution < -0.4 is 11.1 Å². The summed E-state index contributed by atoms with van der Waals surface area (Å²) in [5.41, 5.74) is 8.37. The molecule has 138 valence electrons. The number of hydrogen-bond donors (Lipinski definition) is 2. The Bertz CT molecular complexity index is 786. The second kappa shape index (κ2) is 7.84. The number of carbonyl (C=O) groups is 1. The number of fused-ring (bicyclic) bond motifs is 1. The van der Waals surface area contributed by atoms with E-state index in [0.717, 1.165) is 56.8 Å². The van der Waals surface area contributed by atoms with E-state index in [1.807, 2.05) is 18.2 Å². The Morgan fingerprint density at radius 2 is 2.23 bits per heavy atom. The second-order valence-corrected chi connectivity index (χ2v) is 7.88. The van der Waals surface area contributed by atoms with Crippen molar-refractivity contribution in [3.05, 3.63) is 46.0 Å². The summed E-state index contributed by atoms with van der Waals surface area (Å²) in [5, 5.41) is 3.65. The first-order valence-corrected chi connectivity index (χ1v) is 9.95. The van der Waals surface area contributed by atoms with Crippen LogP contribution in [0.5, 0.6) is 0 Å². The number of anilines is 1. The number of carbonyl (C=O) groups excluding carboxylic acids is 1. The fourth-order valence-corrected chi connectivity index (χ4v) is 4.75. The van der Waals surface area contributed by atoms with Gasteiger partial charge in [0.2, 0.25) is 0 Å². The normalized spacial score (nSPS) is 20.6. The fraction of sp³-hybridized carbons (Fsp3) is 0.474. The summed E-state index contributed by atoms with van der Waals surface area (Å²) in [5.74, 6) is -0.129. The quantitative estimate of drug-likeness (QED) is 0.859. The zero-order valence-corrected chi connectivity index (χ0v) is 15.6. The van der Waals surface area contributed by atoms with Crippen molar-refractivity contribution in [2.45, 2.75) is 31.8 Å². The van der Waals surface area contributed by atoms with Gasteiger partial charge in [0.05, 0.1) is 18.9 Å². The predicted octanol–water partition coefficient (Wildman–Crippen LogP) is 2.04. The minimum absolute atomic E-state index is 0.129. The van der Waals surface area contributed by atoms with Gasteiger partial charge in [-0.05, 0) is 37.0 Å². The molecule has 3 N–H and O–H groups in total. The van der Waals surface area contributed by atoms with Crippen molar-refractivity contribution in [1.29, 1.82) is 0 Å². The van der Waals surface area contributed by atoms with Crippen molar-refractivity contribution >= 4 is 22.4 Å². The van der Waals surface area contributed by atoms with Crippen molar-refractivity contribution in [1.82, 2.24) is 9.88 Å². The number of thiazole rings is 1. The predicted molar refractivity (Wildman–Crippen MR) is 103 cm³/mol. The minimum Gasteiger partial charge on any atom is -0.379 e. The van der Waals surface area contributed by atoms with E-state index < -0.39 is 0 Å². The van der Waals surface area contributed by atoms with Crippen LogP contribution in [0, 0.1) is 0 Å². The second-order valence-electron chi connectivity index (χ2n) is 6.79. The van der Waals surface area contributed by atoms with Crippen LogP contribution >= 0.6 is 11.3 Å². The lowest BCUT2D eigenvalue weighted by atomic mass is 9.96. The first kappa shape index (κ1) is 17.6. The Morgan fingerprint density at radius 3 is 3.04 bits per heavy atom. The van der Waals surface area contributed by atoms with Gasteiger partial charge >= 0.3 is 0 Å². The molecule has 0 bridgehead atoms. The Labute approximate surface area is 157 Å². The molecule has 1 aliphatic carbocycles. The lowest BCUT2D eigenvalue weighted by molar-refractivity contribution is 0.0139. The van der Waals surface area contributed by atoms with E-state index in [4.69, 9.17) is 10.5 Å². The number of aryl methyl sites for hydroxylation is 1. The average Bonchev–Trinajstić information content (AvgIpc) is 3.10. The number of benzene rings is 1. The van der Waals surface area contributed by atoms with Crippen molar-refractivity contribution < 1.29 is 9.53 Å². The third-order valence-corrected chi connectivity index (χ3v) is 6.16. The van der Waals surface area contributed by atoms with Gasteiger partial charge in [-0.1, -0.05) is 12.1 Å². The van der Waals surface area contributed by atoms with Crippen LogP contribution in [0.15, 0.2) is 24.3 Å². The molecule has 2 aliphatic rings. The lowest BCUT2D eigenvalue weighted by Gasteiger charge is -2.36. The summed E-state index contributed by atoms with van der Waals surface area (Å²) in [6.07, 6.45) is 3.13. The smallest absolute Gasteiger partial charge is 0.257 e. The maximum absolute atomic E-state index is 12.5. The molecule has 1 fully saturated rings. The van der Waals surface area contributed by atoms with Gasteiger partial charge in [-0.15, -0.1) is 11.3 Å². The molecule has 1 aromatic carbocycles. The van der Waals surface area contributed by atoms with Crippen LogP contribution in [0.1, 0.15) is 32.9 Å². The standard InChI is InChI=1S/C19H24N4O2S/c20-12-13-2-1-3-14(10-13)18(24)22-19-21-16-5-4-15(11-17(16)26-19)23-6-8-25-9-7-23/h1-3,10,15H,4-9,11-12,20H2,(H,21,22,24)/t15-/m0/s1. The summed E-state index contributed by atoms with van der Waals surface area (Å²) in [4.78, 5) is 21.0. The highest BCUT2D eigenvalue weighted by Crippen LogP contribution is 2.32. The van der Waals surface area contributed by atoms with Crippen molar-refractivity contribution in [3.63, 3.8) is 0 Å². The Hall–Kier alpha value is -1.80. The number of rotatable bonds is 4. The van der Waals surface area contributed by atoms with Crippen LogP contribution in [0.3, 0.4) is 0 Å². The lowest BCUT2D eigenvalue weighted by Crippen LogP contribution is -2.45. The molecular formula is C19H24N4O2S. The molecule has 0 saturated carbocycles. The molecule has 26 heavy (non-hydrogen) atoms. The van der Waals surface area contributed by atoms with E-state index in [1.165, 1.54) is 4.88 Å². The maximum atomic E-state index is 12.5. The molecule has 0 spiro atoms. The van der Waals surface area contributed by atoms with Gasteiger partial charge in [0.1, 0.15) is 0 Å². The summed E-state index contributed by atoms with van der Waals surface area (Å²) >= 11 is 1.61. The van der Waals surface area contributed by atoms with Gasteiger partial charge in [0.15, 0.2) is 5.13 Å². The Morgan fingerprint density at radius 1 is 1.38 bits per heavy atom. The number of ether oxygens (including phenoxy) is 1. The van der Waals surface area contributed by atoms with Crippen LogP contribution in [0.2, 0.25) is 0 Å². The van der Waals surface area contributed by atoms with Gasteiger partial charge in [-0.3, -0.25) is 15.0 Å². The number of nitrogens with one attached hydrogen (secondary N) is 1. The van der Waals surface area contributed by atoms with Crippen LogP contribution in [0.4, 0.5) is 5.13 Å². The highest BCUT2D eigenvalue weighted by Gasteiger charge is 2.28. The summed E-state index contributed by atoms with van der Waals surface area (Å²) in [6.45, 7) is 4.11. The van der Waals surface area contributed by atoms with E-state index in [-0.39, 0.29) is 5.91 Å². The molecule has 2 aromatic rings. The number of hydrogen-bond acceptors (Lipinski definition) is 6. The Balaban J connectivity index is 1.43. The first-order valence-electron chi connectivity index (χ1n) is 9.13. The molecule has 0 radical (unpaired) electrons. The molecule has 4 rings (SSSR count). The number of amides is 1. The monoisotopic (exact) mass is 372 g/mol. The van der Waals surface area contributed by atoms with Crippen LogP contribution in [-0.4, -0.2) is 48.1 Å². The van der Waals surface area contributed by atoms with E-state index in [0.29, 0.717) is 23.3 Å². The van der Waals surface area contributed by atoms with Crippen molar-refractivity contribution in [2.24, 2.45) is 5.73 Å². The van der Waals surface area contributed by atoms with Crippen LogP contribution in [-0.2, 0) is 24.1 Å². The van der Waals surface area contributed by atoms with Crippen molar-refractivity contribution in [2.75, 3.05) is 31.6 Å². The largest absolute Gasteiger partial charge is 0.379 e. The molecule has 1 aliphatic heterocycles. The zero-order valence-electron chi connectivity index (χ0n) is 14.7. The van der Waals surface area contributed by atoms with Gasteiger partial charge in [-0.2, -0.15) is 0 Å². The first-order chi connectivity index (χ1) is 12.7. The number of nitrogens with two attached hydrogens (primary N) is 1. The molecule has 2 heterocycles. The highest BCUT2D eigenvalue weighted by molar-refractivity contribution is 7.15. The molecule has 6 nitrogen and oxygen atoms in total. The van der Waals surface area contributed by atoms with Crippen LogP contribution in [0.25, 0.3) is 0 Å². The van der Waals surface area contributed by atoms with Crippen molar-refractivity contribution in [3.8, 4) is 0 Å². The molecule has 0 unspecified atom stereocenters. The third-order valence-electron chi connectivity index (χ3n) is 5.12. The van der Waals surface area contributed by atoms with E-state index in [9.17, 15) is 4.79 Å². The molecule has 1 saturated heterocycles. The minimum atomic E-state index is -0.129. The van der Waals surface area contributed by atoms with Gasteiger partial charge < -0.3 is 10.5 Å². The fourth-order valence-electron chi connectivity index (χ4n) is 3.67. The SMILES string of the molecule is NCc1cccc(C(=O)Nc2nc3c(s2)C[C@@H](N2CCOCC2)CC3)c1. The summed E-state index contributed by atoms with van der Waals surface area (Å²) in [6, 6.07) is 7.98. The molecule has 1 atom stereocenters. The molecule has 7 heteroatoms. The molecule has 1 amide bonds. The topological polar surface area (TPSA) is 80.5 Å². The van der Waals surface area contributed by atoms with Gasteiger partial charge in [0, 0.05) is 36.1 Å². The van der Waals surface area contributed by atoms with Gasteiger partial charge in [0.25, 0.3) is 5.91 Å². The Kier molecular flexibility index (Phi) is 5.31. The van der Waals surface area contributed by atoms with E-state index in [2.05, 4.69) is 15.2 Å². The molecular weight excluding hydrogens is 348 g/mol. The summed E-state index contributed by atoms with van der Waals surface area (Å²) < 4.78 is 5.46. The number of aromatic nitrogens is 1. The zero-order chi connectivity index (χ0) is 17.9. The third kappa shape index (κ3) is 3.81. The highest BCUT2D eigenvalue weighted by atomic mass is 32.1. The van der Waals surface area contributed by atoms with E-state index in [1.54, 1.807) is 17.4 Å². The number of nitrogens with zero attached hydrogens (tertiary/aromatic N) is 2. The summed E-state index contributed by atoms with van der Waals surface area (Å²) in [7, 11) is 0. The molecule has 1 aromatic heterocycles. The average molecular weight is 372 g/mol. The van der Waals surface area contributed by atoms with Gasteiger partial charge in [-0.25, -0.2) is 4.98 Å². The van der Waals surface area contributed by atoms with E-state index >= 15 is 0 Å². The number of morpholine rings is 1.